The number of azo groups is 2. The van der Waals surface area contributed by atoms with E-state index < -0.39 is 31.6 Å². The molecule has 0 spiro atoms. The van der Waals surface area contributed by atoms with Gasteiger partial charge in [0, 0.05) is 13.7 Å². The lowest BCUT2D eigenvalue weighted by atomic mass is 10.2. The minimum atomic E-state index is -4.77. The van der Waals surface area contributed by atoms with E-state index in [4.69, 9.17) is 5.73 Å². The lowest BCUT2D eigenvalue weighted by molar-refractivity contribution is 0.259. The first kappa shape index (κ1) is 27.8. The van der Waals surface area contributed by atoms with Crippen molar-refractivity contribution >= 4 is 55.2 Å². The number of nitrogens with two attached hydrogens (primary N) is 1. The van der Waals surface area contributed by atoms with E-state index in [1.807, 2.05) is 0 Å². The summed E-state index contributed by atoms with van der Waals surface area (Å²) >= 11 is 0. The van der Waals surface area contributed by atoms with Crippen molar-refractivity contribution in [2.75, 3.05) is 5.32 Å². The van der Waals surface area contributed by atoms with Crippen LogP contribution in [0.5, 0.6) is 0 Å². The van der Waals surface area contributed by atoms with Crippen LogP contribution < -0.4 is 11.1 Å². The SMILES string of the molecule is Cc1ccc(N=Nc2ccc(N=Nc3ccc(S(N=O)(N=O)N=O)cc3)cc2S(=O)(=O)O)c(NC(N)=O)c1. The van der Waals surface area contributed by atoms with Crippen molar-refractivity contribution in [1.29, 1.82) is 0 Å². The van der Waals surface area contributed by atoms with Gasteiger partial charge in [-0.25, -0.2) is 4.79 Å². The number of nitroso groups, excluding NO2 is 3. The third kappa shape index (κ3) is 6.49. The van der Waals surface area contributed by atoms with E-state index in [2.05, 4.69) is 39.5 Å². The van der Waals surface area contributed by atoms with Gasteiger partial charge in [0.1, 0.15) is 16.3 Å². The Morgan fingerprint density at radius 2 is 1.34 bits per heavy atom. The zero-order valence-electron chi connectivity index (χ0n) is 19.2. The minimum Gasteiger partial charge on any atom is -0.351 e. The second-order valence-electron chi connectivity index (χ2n) is 7.27. The number of anilines is 1. The smallest absolute Gasteiger partial charge is 0.316 e. The van der Waals surface area contributed by atoms with Crippen LogP contribution in [0, 0.1) is 21.6 Å². The molecule has 0 unspecified atom stereocenters. The zero-order valence-corrected chi connectivity index (χ0v) is 20.8. The third-order valence-electron chi connectivity index (χ3n) is 4.64. The molecule has 0 bridgehead atoms. The maximum absolute atomic E-state index is 12.0. The number of aryl methyl sites for hydroxylation is 1. The monoisotopic (exact) mass is 559 g/mol. The summed E-state index contributed by atoms with van der Waals surface area (Å²) in [5.41, 5.74) is 6.33. The van der Waals surface area contributed by atoms with Crippen LogP contribution in [-0.2, 0) is 10.1 Å². The summed E-state index contributed by atoms with van der Waals surface area (Å²) in [7, 11) is -8.41. The first-order valence-corrected chi connectivity index (χ1v) is 13.0. The third-order valence-corrected chi connectivity index (χ3v) is 7.05. The van der Waals surface area contributed by atoms with Crippen molar-refractivity contribution in [2.24, 2.45) is 39.9 Å². The summed E-state index contributed by atoms with van der Waals surface area (Å²) in [6, 6.07) is 12.5. The number of rotatable bonds is 10. The van der Waals surface area contributed by atoms with Gasteiger partial charge in [0.15, 0.2) is 10.6 Å². The number of primary amides is 1. The van der Waals surface area contributed by atoms with E-state index in [1.165, 1.54) is 42.5 Å². The molecule has 38 heavy (non-hydrogen) atoms. The number of nitrogens with zero attached hydrogens (tertiary/aromatic N) is 7. The van der Waals surface area contributed by atoms with Crippen LogP contribution in [0.25, 0.3) is 0 Å². The quantitative estimate of drug-likeness (QED) is 0.136. The molecule has 2 amide bonds. The highest BCUT2D eigenvalue weighted by atomic mass is 32.3. The zero-order chi connectivity index (χ0) is 27.9. The van der Waals surface area contributed by atoms with Crippen molar-refractivity contribution in [2.45, 2.75) is 16.7 Å². The molecular weight excluding hydrogens is 542 g/mol. The summed E-state index contributed by atoms with van der Waals surface area (Å²) in [4.78, 5) is 43.2. The van der Waals surface area contributed by atoms with Gasteiger partial charge in [-0.3, -0.25) is 4.55 Å². The van der Waals surface area contributed by atoms with Gasteiger partial charge in [-0.05, 0) is 67.1 Å². The molecule has 4 N–H and O–H groups in total. The van der Waals surface area contributed by atoms with Gasteiger partial charge >= 0.3 is 6.03 Å². The normalized spacial score (nSPS) is 12.4. The number of carbonyl (C=O) groups is 1. The number of hydrogen-bond acceptors (Lipinski definition) is 13. The Labute approximate surface area is 215 Å². The van der Waals surface area contributed by atoms with Crippen LogP contribution in [0.4, 0.5) is 33.2 Å². The lowest BCUT2D eigenvalue weighted by Gasteiger charge is -2.13. The average molecular weight is 560 g/mol. The molecule has 0 radical (unpaired) electrons. The Bertz CT molecular complexity index is 1550. The summed E-state index contributed by atoms with van der Waals surface area (Å²) in [6.45, 7) is 1.77. The van der Waals surface area contributed by atoms with Crippen LogP contribution in [0.2, 0.25) is 0 Å². The molecule has 3 rings (SSSR count). The number of carbonyl (C=O) groups excluding carboxylic acids is 1. The van der Waals surface area contributed by atoms with Gasteiger partial charge in [0.2, 0.25) is 0 Å². The molecule has 0 saturated carbocycles. The number of hydrogen-bond donors (Lipinski definition) is 3. The topological polar surface area (TPSA) is 247 Å². The summed E-state index contributed by atoms with van der Waals surface area (Å²) < 4.78 is 41.0. The standard InChI is InChI=1S/C20H17N9O7S2/c1-12-2-8-16(18(10-12)22-20(21)30)25-26-17-9-5-14(11-19(17)38(34,35)36)24-23-13-3-6-15(7-4-13)37(27-31,28-32)29-33/h2-11H,1H3,(H3,21,22,30)(H,34,35,36). The average Bonchev–Trinajstić information content (AvgIpc) is 2.88. The predicted molar refractivity (Wildman–Crippen MR) is 139 cm³/mol. The predicted octanol–water partition coefficient (Wildman–Crippen LogP) is 6.77. The lowest BCUT2D eigenvalue weighted by Crippen LogP contribution is -2.19. The highest BCUT2D eigenvalue weighted by molar-refractivity contribution is 8.30. The molecule has 0 aliphatic carbocycles. The fraction of sp³-hybridized carbons (Fsp3) is 0.0500. The first-order valence-electron chi connectivity index (χ1n) is 10.1. The molecule has 0 aromatic heterocycles. The fourth-order valence-corrected chi connectivity index (χ4v) is 4.40. The number of urea groups is 1. The molecule has 0 atom stereocenters. The second-order valence-corrected chi connectivity index (χ2v) is 10.6. The molecule has 196 valence electrons. The van der Waals surface area contributed by atoms with Crippen molar-refractivity contribution < 1.29 is 17.8 Å². The van der Waals surface area contributed by atoms with E-state index in [0.717, 1.165) is 11.6 Å². The van der Waals surface area contributed by atoms with Crippen molar-refractivity contribution in [3.63, 3.8) is 0 Å². The van der Waals surface area contributed by atoms with Gasteiger partial charge in [-0.15, -0.1) is 24.9 Å². The van der Waals surface area contributed by atoms with Gasteiger partial charge < -0.3 is 11.1 Å². The Morgan fingerprint density at radius 3 is 1.92 bits per heavy atom. The van der Waals surface area contributed by atoms with Crippen LogP contribution in [0.3, 0.4) is 0 Å². The molecule has 16 nitrogen and oxygen atoms in total. The number of benzene rings is 3. The van der Waals surface area contributed by atoms with E-state index >= 15 is 0 Å². The molecule has 0 fully saturated rings. The Balaban J connectivity index is 1.92. The minimum absolute atomic E-state index is 0.00529. The highest BCUT2D eigenvalue weighted by Gasteiger charge is 2.31. The maximum Gasteiger partial charge on any atom is 0.316 e. The second kappa shape index (κ2) is 11.5. The Morgan fingerprint density at radius 1 is 0.789 bits per heavy atom. The number of amides is 2. The molecule has 0 heterocycles. The van der Waals surface area contributed by atoms with Crippen LogP contribution in [-0.4, -0.2) is 19.0 Å². The van der Waals surface area contributed by atoms with Gasteiger partial charge in [-0.1, -0.05) is 6.07 Å². The maximum atomic E-state index is 12.0. The van der Waals surface area contributed by atoms with E-state index in [1.54, 1.807) is 19.1 Å². The molecular formula is C20H17N9O7S2. The van der Waals surface area contributed by atoms with Gasteiger partial charge in [0.25, 0.3) is 10.1 Å². The summed E-state index contributed by atoms with van der Waals surface area (Å²) in [6.07, 6.45) is 0. The number of nitrogens with one attached hydrogen (secondary N) is 1. The Kier molecular flexibility index (Phi) is 8.40. The van der Waals surface area contributed by atoms with Crippen molar-refractivity contribution in [3.05, 3.63) is 80.9 Å². The molecule has 18 heteroatoms. The molecule has 3 aromatic rings. The van der Waals surface area contributed by atoms with Crippen molar-refractivity contribution in [3.8, 4) is 0 Å². The Hall–Kier alpha value is -4.81. The van der Waals surface area contributed by atoms with E-state index in [0.29, 0.717) is 0 Å². The molecule has 0 aliphatic rings. The summed E-state index contributed by atoms with van der Waals surface area (Å²) in [5.74, 6) is 0. The van der Waals surface area contributed by atoms with Crippen molar-refractivity contribution in [1.82, 2.24) is 0 Å². The molecule has 0 saturated heterocycles. The highest BCUT2D eigenvalue weighted by Crippen LogP contribution is 2.59. The first-order chi connectivity index (χ1) is 18.0. The molecule has 3 aromatic carbocycles. The molecule has 0 aliphatic heterocycles. The van der Waals surface area contributed by atoms with Crippen LogP contribution >= 0.6 is 10.6 Å². The largest absolute Gasteiger partial charge is 0.351 e. The van der Waals surface area contributed by atoms with Crippen LogP contribution in [0.1, 0.15) is 5.56 Å². The van der Waals surface area contributed by atoms with E-state index in [-0.39, 0.29) is 33.3 Å². The summed E-state index contributed by atoms with van der Waals surface area (Å²) in [5, 5.41) is 18.0. The fourth-order valence-electron chi connectivity index (χ4n) is 2.91. The van der Waals surface area contributed by atoms with Crippen LogP contribution in [0.15, 0.2) is 105 Å². The van der Waals surface area contributed by atoms with E-state index in [9.17, 15) is 32.5 Å². The van der Waals surface area contributed by atoms with Gasteiger partial charge in [0.05, 0.1) is 22.0 Å². The van der Waals surface area contributed by atoms with Gasteiger partial charge in [-0.2, -0.15) is 18.6 Å².